The molecule has 0 aromatic carbocycles. The Hall–Kier alpha value is -0.940. The van der Waals surface area contributed by atoms with Gasteiger partial charge in [0, 0.05) is 24.7 Å². The third kappa shape index (κ3) is 3.04. The van der Waals surface area contributed by atoms with Gasteiger partial charge in [-0.05, 0) is 27.2 Å². The fourth-order valence-corrected chi connectivity index (χ4v) is 2.38. The lowest BCUT2D eigenvalue weighted by Gasteiger charge is -2.43. The van der Waals surface area contributed by atoms with Crippen LogP contribution in [0.2, 0.25) is 0 Å². The van der Waals surface area contributed by atoms with E-state index in [2.05, 4.69) is 41.1 Å². The van der Waals surface area contributed by atoms with Crippen molar-refractivity contribution in [3.05, 3.63) is 11.7 Å². The van der Waals surface area contributed by atoms with E-state index in [1.54, 1.807) is 0 Å². The normalized spacial score (nSPS) is 25.1. The number of aryl methyl sites for hydroxylation is 1. The van der Waals surface area contributed by atoms with Crippen molar-refractivity contribution in [3.63, 3.8) is 0 Å². The highest BCUT2D eigenvalue weighted by atomic mass is 16.5. The minimum absolute atomic E-state index is 0.154. The predicted molar refractivity (Wildman–Crippen MR) is 65.6 cm³/mol. The predicted octanol–water partition coefficient (Wildman–Crippen LogP) is 1.34. The molecule has 0 radical (unpaired) electrons. The zero-order valence-corrected chi connectivity index (χ0v) is 11.2. The van der Waals surface area contributed by atoms with Crippen molar-refractivity contribution < 1.29 is 4.52 Å². The van der Waals surface area contributed by atoms with E-state index in [-0.39, 0.29) is 5.54 Å². The average Bonchev–Trinajstić information content (AvgIpc) is 2.63. The van der Waals surface area contributed by atoms with Crippen LogP contribution in [-0.4, -0.2) is 39.7 Å². The molecule has 0 aliphatic carbocycles. The van der Waals surface area contributed by atoms with Gasteiger partial charge >= 0.3 is 0 Å². The smallest absolute Gasteiger partial charge is 0.240 e. The number of piperazine rings is 1. The Morgan fingerprint density at radius 3 is 2.88 bits per heavy atom. The van der Waals surface area contributed by atoms with Crippen molar-refractivity contribution in [2.75, 3.05) is 13.1 Å². The fraction of sp³-hybridized carbons (Fsp3) is 0.833. The molecule has 1 N–H and O–H groups in total. The van der Waals surface area contributed by atoms with E-state index in [9.17, 15) is 0 Å². The maximum absolute atomic E-state index is 5.20. The maximum atomic E-state index is 5.20. The first kappa shape index (κ1) is 12.5. The molecule has 5 heteroatoms. The SMILES string of the molecule is CCC1CNC(C)(C)CN1Cc1nc(C)no1. The van der Waals surface area contributed by atoms with Gasteiger partial charge in [0.1, 0.15) is 0 Å². The molecule has 2 heterocycles. The Bertz CT molecular complexity index is 374. The molecular weight excluding hydrogens is 216 g/mol. The van der Waals surface area contributed by atoms with E-state index in [4.69, 9.17) is 4.52 Å². The highest BCUT2D eigenvalue weighted by molar-refractivity contribution is 4.94. The van der Waals surface area contributed by atoms with Crippen molar-refractivity contribution in [2.45, 2.75) is 52.2 Å². The van der Waals surface area contributed by atoms with Gasteiger partial charge in [-0.1, -0.05) is 12.1 Å². The van der Waals surface area contributed by atoms with E-state index in [0.717, 1.165) is 31.9 Å². The number of aromatic nitrogens is 2. The molecule has 1 fully saturated rings. The summed E-state index contributed by atoms with van der Waals surface area (Å²) in [6.45, 7) is 11.3. The first-order valence-corrected chi connectivity index (χ1v) is 6.28. The third-order valence-corrected chi connectivity index (χ3v) is 3.31. The number of nitrogens with zero attached hydrogens (tertiary/aromatic N) is 3. The third-order valence-electron chi connectivity index (χ3n) is 3.31. The lowest BCUT2D eigenvalue weighted by molar-refractivity contribution is 0.0755. The van der Waals surface area contributed by atoms with E-state index in [1.807, 2.05) is 6.92 Å². The van der Waals surface area contributed by atoms with Crippen LogP contribution in [0.4, 0.5) is 0 Å². The first-order valence-electron chi connectivity index (χ1n) is 6.28. The molecule has 1 aromatic heterocycles. The number of hydrogen-bond acceptors (Lipinski definition) is 5. The second-order valence-electron chi connectivity index (χ2n) is 5.47. The van der Waals surface area contributed by atoms with Crippen molar-refractivity contribution >= 4 is 0 Å². The molecule has 5 nitrogen and oxygen atoms in total. The molecule has 1 atom stereocenters. The van der Waals surface area contributed by atoms with E-state index in [1.165, 1.54) is 0 Å². The van der Waals surface area contributed by atoms with Crippen molar-refractivity contribution in [3.8, 4) is 0 Å². The number of nitrogens with one attached hydrogen (secondary N) is 1. The summed E-state index contributed by atoms with van der Waals surface area (Å²) in [7, 11) is 0. The lowest BCUT2D eigenvalue weighted by Crippen LogP contribution is -2.61. The lowest BCUT2D eigenvalue weighted by atomic mass is 9.97. The summed E-state index contributed by atoms with van der Waals surface area (Å²) < 4.78 is 5.20. The standard InChI is InChI=1S/C12H22N4O/c1-5-10-6-13-12(3,4)8-16(10)7-11-14-9(2)15-17-11/h10,13H,5-8H2,1-4H3. The van der Waals surface area contributed by atoms with Gasteiger partial charge < -0.3 is 9.84 Å². The quantitative estimate of drug-likeness (QED) is 0.861. The second-order valence-corrected chi connectivity index (χ2v) is 5.47. The average molecular weight is 238 g/mol. The Morgan fingerprint density at radius 1 is 1.53 bits per heavy atom. The van der Waals surface area contributed by atoms with Crippen LogP contribution in [-0.2, 0) is 6.54 Å². The molecule has 0 amide bonds. The summed E-state index contributed by atoms with van der Waals surface area (Å²) in [5, 5.41) is 7.41. The highest BCUT2D eigenvalue weighted by Crippen LogP contribution is 2.19. The van der Waals surface area contributed by atoms with Gasteiger partial charge in [0.15, 0.2) is 5.82 Å². The van der Waals surface area contributed by atoms with E-state index < -0.39 is 0 Å². The second kappa shape index (κ2) is 4.74. The molecular formula is C12H22N4O. The highest BCUT2D eigenvalue weighted by Gasteiger charge is 2.32. The van der Waals surface area contributed by atoms with Gasteiger partial charge in [0.25, 0.3) is 0 Å². The van der Waals surface area contributed by atoms with Crippen LogP contribution >= 0.6 is 0 Å². The van der Waals surface area contributed by atoms with E-state index >= 15 is 0 Å². The topological polar surface area (TPSA) is 54.2 Å². The zero-order chi connectivity index (χ0) is 12.5. The van der Waals surface area contributed by atoms with Crippen molar-refractivity contribution in [2.24, 2.45) is 0 Å². The van der Waals surface area contributed by atoms with Crippen LogP contribution in [0.1, 0.15) is 38.9 Å². The van der Waals surface area contributed by atoms with Gasteiger partial charge in [-0.25, -0.2) is 0 Å². The van der Waals surface area contributed by atoms with E-state index in [0.29, 0.717) is 11.9 Å². The minimum Gasteiger partial charge on any atom is -0.338 e. The molecule has 1 aliphatic heterocycles. The number of hydrogen-bond donors (Lipinski definition) is 1. The Morgan fingerprint density at radius 2 is 2.29 bits per heavy atom. The van der Waals surface area contributed by atoms with Gasteiger partial charge in [-0.2, -0.15) is 4.98 Å². The van der Waals surface area contributed by atoms with Gasteiger partial charge in [0.05, 0.1) is 6.54 Å². The molecule has 1 unspecified atom stereocenters. The van der Waals surface area contributed by atoms with Crippen LogP contribution < -0.4 is 5.32 Å². The fourth-order valence-electron chi connectivity index (χ4n) is 2.38. The van der Waals surface area contributed by atoms with Crippen LogP contribution in [0.3, 0.4) is 0 Å². The molecule has 0 saturated carbocycles. The molecule has 96 valence electrons. The summed E-state index contributed by atoms with van der Waals surface area (Å²) in [5.74, 6) is 1.43. The van der Waals surface area contributed by atoms with Crippen LogP contribution in [0.15, 0.2) is 4.52 Å². The molecule has 2 rings (SSSR count). The Labute approximate surface area is 103 Å². The van der Waals surface area contributed by atoms with Gasteiger partial charge in [-0.15, -0.1) is 0 Å². The number of rotatable bonds is 3. The summed E-state index contributed by atoms with van der Waals surface area (Å²) >= 11 is 0. The Kier molecular flexibility index (Phi) is 3.49. The van der Waals surface area contributed by atoms with Crippen LogP contribution in [0, 0.1) is 6.92 Å². The molecule has 1 aliphatic rings. The molecule has 1 saturated heterocycles. The van der Waals surface area contributed by atoms with Crippen LogP contribution in [0.25, 0.3) is 0 Å². The van der Waals surface area contributed by atoms with Crippen molar-refractivity contribution in [1.82, 2.24) is 20.4 Å². The first-order chi connectivity index (χ1) is 8.00. The molecule has 0 spiro atoms. The monoisotopic (exact) mass is 238 g/mol. The minimum atomic E-state index is 0.154. The molecule has 1 aromatic rings. The summed E-state index contributed by atoms with van der Waals surface area (Å²) in [5.41, 5.74) is 0.154. The summed E-state index contributed by atoms with van der Waals surface area (Å²) in [6, 6.07) is 0.551. The maximum Gasteiger partial charge on any atom is 0.240 e. The molecule has 0 bridgehead atoms. The summed E-state index contributed by atoms with van der Waals surface area (Å²) in [4.78, 5) is 6.72. The zero-order valence-electron chi connectivity index (χ0n) is 11.2. The molecule has 17 heavy (non-hydrogen) atoms. The van der Waals surface area contributed by atoms with Crippen LogP contribution in [0.5, 0.6) is 0 Å². The van der Waals surface area contributed by atoms with Gasteiger partial charge in [-0.3, -0.25) is 4.90 Å². The van der Waals surface area contributed by atoms with Gasteiger partial charge in [0.2, 0.25) is 5.89 Å². The van der Waals surface area contributed by atoms with Crippen molar-refractivity contribution in [1.29, 1.82) is 0 Å². The largest absolute Gasteiger partial charge is 0.338 e. The summed E-state index contributed by atoms with van der Waals surface area (Å²) in [6.07, 6.45) is 1.14. The Balaban J connectivity index is 2.05.